The van der Waals surface area contributed by atoms with E-state index in [4.69, 9.17) is 5.11 Å². The standard InChI is InChI=1S/C25H24F4N2O3/c1-23(11-20(32)33)13-24(2,14-23)30-22(34)18-7-8-19(26)17-9-10-31(21(17)18)12-15-3-5-16(6-4-15)25(27,28)29/h3-10H,11-14H2,1-2H3,(H,30,34)(H,32,33). The van der Waals surface area contributed by atoms with Crippen LogP contribution in [-0.4, -0.2) is 27.1 Å². The van der Waals surface area contributed by atoms with Crippen molar-refractivity contribution < 1.29 is 32.3 Å². The van der Waals surface area contributed by atoms with Gasteiger partial charge in [0.2, 0.25) is 0 Å². The van der Waals surface area contributed by atoms with Gasteiger partial charge in [-0.25, -0.2) is 4.39 Å². The van der Waals surface area contributed by atoms with Crippen LogP contribution in [-0.2, 0) is 17.5 Å². The van der Waals surface area contributed by atoms with Gasteiger partial charge in [-0.15, -0.1) is 0 Å². The van der Waals surface area contributed by atoms with Crippen LogP contribution in [0.4, 0.5) is 17.6 Å². The van der Waals surface area contributed by atoms with Gasteiger partial charge in [0, 0.05) is 23.7 Å². The van der Waals surface area contributed by atoms with E-state index < -0.39 is 40.4 Å². The number of nitrogens with one attached hydrogen (secondary N) is 1. The summed E-state index contributed by atoms with van der Waals surface area (Å²) in [6, 6.07) is 8.80. The SMILES string of the molecule is CC1(CC(=O)O)CC(C)(NC(=O)c2ccc(F)c3ccn(Cc4ccc(C(F)(F)F)cc4)c23)C1. The van der Waals surface area contributed by atoms with Gasteiger partial charge in [0.1, 0.15) is 5.82 Å². The molecule has 1 aliphatic rings. The second kappa shape index (κ2) is 8.14. The number of carboxylic acid groups (broad SMARTS) is 1. The minimum atomic E-state index is -4.44. The summed E-state index contributed by atoms with van der Waals surface area (Å²) in [6.45, 7) is 3.86. The van der Waals surface area contributed by atoms with Crippen LogP contribution in [0, 0.1) is 11.2 Å². The Kier molecular flexibility index (Phi) is 5.70. The Hall–Kier alpha value is -3.36. The fourth-order valence-corrected chi connectivity index (χ4v) is 5.35. The normalized spacial score (nSPS) is 22.4. The van der Waals surface area contributed by atoms with Gasteiger partial charge < -0.3 is 15.0 Å². The lowest BCUT2D eigenvalue weighted by Gasteiger charge is -2.52. The Morgan fingerprint density at radius 2 is 1.71 bits per heavy atom. The van der Waals surface area contributed by atoms with Crippen molar-refractivity contribution in [2.75, 3.05) is 0 Å². The molecule has 9 heteroatoms. The topological polar surface area (TPSA) is 71.3 Å². The van der Waals surface area contributed by atoms with E-state index in [-0.39, 0.29) is 23.9 Å². The molecule has 1 amide bonds. The molecule has 0 spiro atoms. The lowest BCUT2D eigenvalue weighted by molar-refractivity contribution is -0.142. The first kappa shape index (κ1) is 23.8. The highest BCUT2D eigenvalue weighted by Crippen LogP contribution is 2.50. The third-order valence-corrected chi connectivity index (χ3v) is 6.38. The molecule has 0 unspecified atom stereocenters. The first-order chi connectivity index (χ1) is 15.8. The molecule has 0 saturated heterocycles. The molecule has 2 aromatic carbocycles. The monoisotopic (exact) mass is 476 g/mol. The van der Waals surface area contributed by atoms with Gasteiger partial charge in [0.25, 0.3) is 5.91 Å². The maximum Gasteiger partial charge on any atom is 0.416 e. The van der Waals surface area contributed by atoms with Crippen LogP contribution in [0.1, 0.15) is 54.6 Å². The fourth-order valence-electron chi connectivity index (χ4n) is 5.35. The maximum atomic E-state index is 14.5. The minimum Gasteiger partial charge on any atom is -0.481 e. The summed E-state index contributed by atoms with van der Waals surface area (Å²) >= 11 is 0. The molecule has 1 saturated carbocycles. The average Bonchev–Trinajstić information content (AvgIpc) is 3.10. The molecule has 0 atom stereocenters. The van der Waals surface area contributed by atoms with Crippen LogP contribution in [0.2, 0.25) is 0 Å². The van der Waals surface area contributed by atoms with Crippen molar-refractivity contribution in [3.05, 3.63) is 71.2 Å². The first-order valence-corrected chi connectivity index (χ1v) is 10.8. The summed E-state index contributed by atoms with van der Waals surface area (Å²) in [5.41, 5.74) is -0.614. The molecule has 34 heavy (non-hydrogen) atoms. The van der Waals surface area contributed by atoms with Crippen LogP contribution in [0.5, 0.6) is 0 Å². The number of aromatic nitrogens is 1. The van der Waals surface area contributed by atoms with Gasteiger partial charge >= 0.3 is 12.1 Å². The molecule has 180 valence electrons. The van der Waals surface area contributed by atoms with Crippen LogP contribution in [0.15, 0.2) is 48.7 Å². The number of aliphatic carboxylic acids is 1. The first-order valence-electron chi connectivity index (χ1n) is 10.8. The molecule has 5 nitrogen and oxygen atoms in total. The minimum absolute atomic E-state index is 0.00916. The number of rotatable bonds is 6. The van der Waals surface area contributed by atoms with Crippen LogP contribution in [0.25, 0.3) is 10.9 Å². The van der Waals surface area contributed by atoms with Gasteiger partial charge in [-0.3, -0.25) is 9.59 Å². The second-order valence-corrected chi connectivity index (χ2v) is 9.75. The van der Waals surface area contributed by atoms with E-state index in [2.05, 4.69) is 5.32 Å². The number of carbonyl (C=O) groups is 2. The molecule has 0 bridgehead atoms. The highest BCUT2D eigenvalue weighted by atomic mass is 19.4. The summed E-state index contributed by atoms with van der Waals surface area (Å²) in [5.74, 6) is -1.82. The number of alkyl halides is 3. The predicted octanol–water partition coefficient (Wildman–Crippen LogP) is 5.61. The van der Waals surface area contributed by atoms with Crippen molar-refractivity contribution in [1.29, 1.82) is 0 Å². The zero-order chi connectivity index (χ0) is 24.9. The van der Waals surface area contributed by atoms with Crippen LogP contribution >= 0.6 is 0 Å². The van der Waals surface area contributed by atoms with Crippen molar-refractivity contribution in [3.8, 4) is 0 Å². The molecule has 1 aliphatic carbocycles. The molecular weight excluding hydrogens is 452 g/mol. The zero-order valence-corrected chi connectivity index (χ0v) is 18.7. The van der Waals surface area contributed by atoms with E-state index in [0.717, 1.165) is 12.1 Å². The fraction of sp³-hybridized carbons (Fsp3) is 0.360. The summed E-state index contributed by atoms with van der Waals surface area (Å²) < 4.78 is 54.7. The quantitative estimate of drug-likeness (QED) is 0.455. The van der Waals surface area contributed by atoms with Crippen molar-refractivity contribution in [1.82, 2.24) is 9.88 Å². The van der Waals surface area contributed by atoms with Gasteiger partial charge in [0.05, 0.1) is 23.1 Å². The highest BCUT2D eigenvalue weighted by Gasteiger charge is 2.50. The molecule has 3 aromatic rings. The lowest BCUT2D eigenvalue weighted by Crippen LogP contribution is -2.59. The van der Waals surface area contributed by atoms with E-state index in [0.29, 0.717) is 23.9 Å². The van der Waals surface area contributed by atoms with Crippen LogP contribution in [0.3, 0.4) is 0 Å². The van der Waals surface area contributed by atoms with E-state index in [1.54, 1.807) is 10.8 Å². The Bertz CT molecular complexity index is 1260. The molecule has 1 heterocycles. The average molecular weight is 476 g/mol. The van der Waals surface area contributed by atoms with Gasteiger partial charge in [-0.2, -0.15) is 13.2 Å². The van der Waals surface area contributed by atoms with Gasteiger partial charge in [-0.1, -0.05) is 19.1 Å². The number of carbonyl (C=O) groups excluding carboxylic acids is 1. The van der Waals surface area contributed by atoms with Crippen molar-refractivity contribution >= 4 is 22.8 Å². The zero-order valence-electron chi connectivity index (χ0n) is 18.7. The summed E-state index contributed by atoms with van der Waals surface area (Å²) in [5, 5.41) is 12.3. The molecule has 2 N–H and O–H groups in total. The Labute approximate surface area is 193 Å². The molecule has 1 fully saturated rings. The largest absolute Gasteiger partial charge is 0.481 e. The van der Waals surface area contributed by atoms with E-state index in [1.165, 1.54) is 30.3 Å². The number of amides is 1. The highest BCUT2D eigenvalue weighted by molar-refractivity contribution is 6.06. The number of hydrogen-bond donors (Lipinski definition) is 2. The number of fused-ring (bicyclic) bond motifs is 1. The van der Waals surface area contributed by atoms with Crippen molar-refractivity contribution in [2.45, 2.75) is 51.4 Å². The third-order valence-electron chi connectivity index (χ3n) is 6.38. The summed E-state index contributed by atoms with van der Waals surface area (Å²) in [4.78, 5) is 24.3. The van der Waals surface area contributed by atoms with E-state index in [1.807, 2.05) is 13.8 Å². The van der Waals surface area contributed by atoms with Crippen molar-refractivity contribution in [3.63, 3.8) is 0 Å². The molecule has 0 aliphatic heterocycles. The maximum absolute atomic E-state index is 14.5. The number of nitrogens with zero attached hydrogens (tertiary/aromatic N) is 1. The molecular formula is C25H24F4N2O3. The Morgan fingerprint density at radius 3 is 2.29 bits per heavy atom. The number of hydrogen-bond acceptors (Lipinski definition) is 2. The van der Waals surface area contributed by atoms with Gasteiger partial charge in [0.15, 0.2) is 0 Å². The molecule has 4 rings (SSSR count). The smallest absolute Gasteiger partial charge is 0.416 e. The Balaban J connectivity index is 1.59. The number of carboxylic acids is 1. The Morgan fingerprint density at radius 1 is 1.06 bits per heavy atom. The van der Waals surface area contributed by atoms with Crippen molar-refractivity contribution in [2.24, 2.45) is 5.41 Å². The number of benzene rings is 2. The summed E-state index contributed by atoms with van der Waals surface area (Å²) in [6.07, 6.45) is -1.85. The predicted molar refractivity (Wildman–Crippen MR) is 118 cm³/mol. The van der Waals surface area contributed by atoms with E-state index in [9.17, 15) is 27.2 Å². The molecule has 1 aromatic heterocycles. The second-order valence-electron chi connectivity index (χ2n) is 9.75. The van der Waals surface area contributed by atoms with Gasteiger partial charge in [-0.05, 0) is 61.1 Å². The lowest BCUT2D eigenvalue weighted by atomic mass is 9.57. The molecule has 0 radical (unpaired) electrons. The van der Waals surface area contributed by atoms with Crippen LogP contribution < -0.4 is 5.32 Å². The van der Waals surface area contributed by atoms with E-state index >= 15 is 0 Å². The summed E-state index contributed by atoms with van der Waals surface area (Å²) in [7, 11) is 0. The third kappa shape index (κ3) is 4.64. The number of halogens is 4.